The maximum absolute atomic E-state index is 11.0. The highest BCUT2D eigenvalue weighted by atomic mass is 32.2. The van der Waals surface area contributed by atoms with Crippen LogP contribution in [0.25, 0.3) is 11.3 Å². The Bertz CT molecular complexity index is 824. The molecule has 0 saturated heterocycles. The zero-order chi connectivity index (χ0) is 16.4. The number of nitro groups is 1. The van der Waals surface area contributed by atoms with E-state index in [0.29, 0.717) is 11.3 Å². The van der Waals surface area contributed by atoms with E-state index in [1.807, 2.05) is 4.57 Å². The third-order valence-electron chi connectivity index (χ3n) is 3.20. The Hall–Kier alpha value is -2.88. The number of non-ortho nitro benzene ring substituents is 1. The fourth-order valence-corrected chi connectivity index (χ4v) is 3.22. The van der Waals surface area contributed by atoms with Crippen LogP contribution in [0.5, 0.6) is 0 Å². The molecule has 0 atom stereocenters. The van der Waals surface area contributed by atoms with Crippen LogP contribution >= 0.6 is 11.8 Å². The van der Waals surface area contributed by atoms with Crippen molar-refractivity contribution < 1.29 is 4.92 Å². The Morgan fingerprint density at radius 1 is 1.48 bits per heavy atom. The van der Waals surface area contributed by atoms with Gasteiger partial charge in [-0.3, -0.25) is 10.1 Å². The van der Waals surface area contributed by atoms with Gasteiger partial charge >= 0.3 is 0 Å². The Morgan fingerprint density at radius 2 is 2.30 bits per heavy atom. The van der Waals surface area contributed by atoms with Crippen LogP contribution in [0.3, 0.4) is 0 Å². The largest absolute Gasteiger partial charge is 0.369 e. The van der Waals surface area contributed by atoms with Crippen LogP contribution in [0, 0.1) is 10.1 Å². The predicted octanol–water partition coefficient (Wildman–Crippen LogP) is 1.17. The summed E-state index contributed by atoms with van der Waals surface area (Å²) in [5.74, 6) is 0.773. The average Bonchev–Trinajstić information content (AvgIpc) is 3.09. The van der Waals surface area contributed by atoms with Crippen LogP contribution < -0.4 is 11.5 Å². The van der Waals surface area contributed by atoms with E-state index in [9.17, 15) is 10.1 Å². The first-order chi connectivity index (χ1) is 11.1. The number of thioether (sulfide) groups is 1. The van der Waals surface area contributed by atoms with Crippen molar-refractivity contribution in [3.63, 3.8) is 0 Å². The summed E-state index contributed by atoms with van der Waals surface area (Å²) in [5, 5.41) is 19.2. The Kier molecular flexibility index (Phi) is 3.98. The smallest absolute Gasteiger partial charge is 0.270 e. The number of aromatic nitrogens is 2. The summed E-state index contributed by atoms with van der Waals surface area (Å²) in [6.45, 7) is 0.783. The van der Waals surface area contributed by atoms with Gasteiger partial charge in [-0.05, 0) is 0 Å². The first-order valence-corrected chi connectivity index (χ1v) is 7.65. The fourth-order valence-electron chi connectivity index (χ4n) is 2.26. The van der Waals surface area contributed by atoms with Crippen LogP contribution in [-0.2, 0) is 6.54 Å². The van der Waals surface area contributed by atoms with Crippen LogP contribution in [0.1, 0.15) is 5.69 Å². The molecule has 0 spiro atoms. The third-order valence-corrected chi connectivity index (χ3v) is 4.16. The maximum atomic E-state index is 11.0. The van der Waals surface area contributed by atoms with E-state index < -0.39 is 4.92 Å². The summed E-state index contributed by atoms with van der Waals surface area (Å²) in [5.41, 5.74) is 12.5. The lowest BCUT2D eigenvalue weighted by Crippen LogP contribution is -2.21. The Morgan fingerprint density at radius 3 is 3.04 bits per heavy atom. The van der Waals surface area contributed by atoms with Gasteiger partial charge in [0.25, 0.3) is 5.69 Å². The SMILES string of the molecule is NC(N)=N/N=C/c1c(-c2cccc([N+](=O)[O-])c2)nc2n1CCS2. The molecule has 9 nitrogen and oxygen atoms in total. The molecule has 0 amide bonds. The summed E-state index contributed by atoms with van der Waals surface area (Å²) in [6, 6.07) is 6.32. The van der Waals surface area contributed by atoms with Gasteiger partial charge in [-0.1, -0.05) is 23.9 Å². The molecule has 0 bridgehead atoms. The molecule has 0 radical (unpaired) electrons. The second kappa shape index (κ2) is 6.08. The van der Waals surface area contributed by atoms with Gasteiger partial charge in [-0.25, -0.2) is 4.98 Å². The lowest BCUT2D eigenvalue weighted by molar-refractivity contribution is -0.384. The number of imidazole rings is 1. The van der Waals surface area contributed by atoms with E-state index in [4.69, 9.17) is 11.5 Å². The Balaban J connectivity index is 2.09. The van der Waals surface area contributed by atoms with Crippen LogP contribution in [0.4, 0.5) is 5.69 Å². The zero-order valence-corrected chi connectivity index (χ0v) is 12.7. The van der Waals surface area contributed by atoms with Crippen LogP contribution in [-0.4, -0.2) is 32.4 Å². The molecule has 0 aliphatic carbocycles. The van der Waals surface area contributed by atoms with E-state index in [2.05, 4.69) is 15.2 Å². The fraction of sp³-hybridized carbons (Fsp3) is 0.154. The quantitative estimate of drug-likeness (QED) is 0.373. The highest BCUT2D eigenvalue weighted by molar-refractivity contribution is 7.99. The minimum absolute atomic E-state index is 0.00965. The van der Waals surface area contributed by atoms with Crippen molar-refractivity contribution in [3.05, 3.63) is 40.1 Å². The molecule has 2 heterocycles. The van der Waals surface area contributed by atoms with E-state index in [-0.39, 0.29) is 11.6 Å². The number of hydrogen-bond acceptors (Lipinski definition) is 6. The number of fused-ring (bicyclic) bond motifs is 1. The molecule has 10 heteroatoms. The number of hydrogen-bond donors (Lipinski definition) is 2. The van der Waals surface area contributed by atoms with Crippen LogP contribution in [0.15, 0.2) is 39.6 Å². The molecule has 1 aromatic carbocycles. The van der Waals surface area contributed by atoms with Crippen molar-refractivity contribution in [1.82, 2.24) is 9.55 Å². The molecule has 1 aliphatic rings. The van der Waals surface area contributed by atoms with Gasteiger partial charge in [0.15, 0.2) is 5.16 Å². The summed E-state index contributed by atoms with van der Waals surface area (Å²) in [7, 11) is 0. The number of rotatable bonds is 4. The average molecular weight is 331 g/mol. The minimum atomic E-state index is -0.435. The third kappa shape index (κ3) is 3.01. The van der Waals surface area contributed by atoms with E-state index in [1.165, 1.54) is 18.3 Å². The van der Waals surface area contributed by atoms with E-state index in [0.717, 1.165) is 23.1 Å². The Labute approximate surface area is 135 Å². The van der Waals surface area contributed by atoms with Crippen molar-refractivity contribution in [2.75, 3.05) is 5.75 Å². The first-order valence-electron chi connectivity index (χ1n) is 6.66. The van der Waals surface area contributed by atoms with Gasteiger partial charge in [0.05, 0.1) is 22.5 Å². The van der Waals surface area contributed by atoms with Crippen molar-refractivity contribution in [2.24, 2.45) is 21.7 Å². The highest BCUT2D eigenvalue weighted by Crippen LogP contribution is 2.33. The van der Waals surface area contributed by atoms with Gasteiger partial charge in [-0.15, -0.1) is 5.10 Å². The molecule has 23 heavy (non-hydrogen) atoms. The number of guanidine groups is 1. The molecule has 118 valence electrons. The number of nitrogens with zero attached hydrogens (tertiary/aromatic N) is 5. The molecular weight excluding hydrogens is 318 g/mol. The molecule has 3 rings (SSSR count). The lowest BCUT2D eigenvalue weighted by Gasteiger charge is -2.02. The zero-order valence-electron chi connectivity index (χ0n) is 11.9. The molecule has 1 aromatic heterocycles. The lowest BCUT2D eigenvalue weighted by atomic mass is 10.1. The van der Waals surface area contributed by atoms with Gasteiger partial charge < -0.3 is 16.0 Å². The van der Waals surface area contributed by atoms with E-state index in [1.54, 1.807) is 23.9 Å². The molecule has 0 saturated carbocycles. The first kappa shape index (κ1) is 15.0. The molecule has 4 N–H and O–H groups in total. The molecular formula is C13H13N7O2S. The molecule has 1 aliphatic heterocycles. The number of benzene rings is 1. The second-order valence-corrected chi connectivity index (χ2v) is 5.77. The van der Waals surface area contributed by atoms with Crippen molar-refractivity contribution >= 4 is 29.6 Å². The molecule has 2 aromatic rings. The number of nitrogens with two attached hydrogens (primary N) is 2. The predicted molar refractivity (Wildman–Crippen MR) is 88.4 cm³/mol. The molecule has 0 fully saturated rings. The van der Waals surface area contributed by atoms with Gasteiger partial charge in [0.1, 0.15) is 0 Å². The van der Waals surface area contributed by atoms with Crippen molar-refractivity contribution in [1.29, 1.82) is 0 Å². The standard InChI is InChI=1S/C13H13N7O2S/c14-12(15)18-16-7-10-11(17-13-19(10)4-5-23-13)8-2-1-3-9(6-8)20(21)22/h1-3,6-7H,4-5H2,(H4,14,15,18)/b16-7+. The van der Waals surface area contributed by atoms with Gasteiger partial charge in [-0.2, -0.15) is 5.10 Å². The van der Waals surface area contributed by atoms with Crippen molar-refractivity contribution in [2.45, 2.75) is 11.7 Å². The summed E-state index contributed by atoms with van der Waals surface area (Å²) >= 11 is 1.62. The number of nitro benzene ring substituents is 1. The minimum Gasteiger partial charge on any atom is -0.369 e. The summed E-state index contributed by atoms with van der Waals surface area (Å²) in [6.07, 6.45) is 1.51. The second-order valence-electron chi connectivity index (χ2n) is 4.71. The normalized spacial score (nSPS) is 13.2. The van der Waals surface area contributed by atoms with Gasteiger partial charge in [0.2, 0.25) is 5.96 Å². The van der Waals surface area contributed by atoms with Crippen molar-refractivity contribution in [3.8, 4) is 11.3 Å². The van der Waals surface area contributed by atoms with E-state index >= 15 is 0 Å². The summed E-state index contributed by atoms with van der Waals surface area (Å²) < 4.78 is 1.99. The molecule has 0 unspecified atom stereocenters. The topological polar surface area (TPSA) is 138 Å². The maximum Gasteiger partial charge on any atom is 0.270 e. The van der Waals surface area contributed by atoms with Crippen LogP contribution in [0.2, 0.25) is 0 Å². The monoisotopic (exact) mass is 331 g/mol. The van der Waals surface area contributed by atoms with Gasteiger partial charge in [0, 0.05) is 30.0 Å². The highest BCUT2D eigenvalue weighted by Gasteiger charge is 2.22. The summed E-state index contributed by atoms with van der Waals surface area (Å²) in [4.78, 5) is 15.1.